The number of rotatable bonds is 1. The van der Waals surface area contributed by atoms with Crippen LogP contribution in [0.3, 0.4) is 0 Å². The number of halogens is 1. The van der Waals surface area contributed by atoms with Gasteiger partial charge in [0, 0.05) is 30.7 Å². The fourth-order valence-corrected chi connectivity index (χ4v) is 3.49. The maximum atomic E-state index is 12.7. The molecule has 1 amide bonds. The van der Waals surface area contributed by atoms with Crippen molar-refractivity contribution in [1.29, 1.82) is 0 Å². The van der Waals surface area contributed by atoms with E-state index in [2.05, 4.69) is 26.1 Å². The first-order chi connectivity index (χ1) is 9.16. The van der Waals surface area contributed by atoms with Crippen LogP contribution in [0, 0.1) is 0 Å². The smallest absolute Gasteiger partial charge is 0.244 e. The van der Waals surface area contributed by atoms with E-state index in [1.807, 2.05) is 36.2 Å². The Morgan fingerprint density at radius 3 is 3.05 bits per heavy atom. The number of nitrogens with zero attached hydrogens (tertiary/aromatic N) is 2. The Bertz CT molecular complexity index is 493. The largest absolute Gasteiger partial charge is 0.334 e. The molecule has 5 heteroatoms. The van der Waals surface area contributed by atoms with Crippen LogP contribution in [0.15, 0.2) is 28.7 Å². The third kappa shape index (κ3) is 2.42. The molecule has 1 N–H and O–H groups in total. The summed E-state index contributed by atoms with van der Waals surface area (Å²) in [5.41, 5.74) is 1.07. The van der Waals surface area contributed by atoms with E-state index in [4.69, 9.17) is 0 Å². The third-order valence-corrected chi connectivity index (χ3v) is 4.46. The second kappa shape index (κ2) is 5.23. The van der Waals surface area contributed by atoms with Crippen LogP contribution < -0.4 is 5.32 Å². The van der Waals surface area contributed by atoms with Gasteiger partial charge >= 0.3 is 0 Å². The first kappa shape index (κ1) is 13.1. The van der Waals surface area contributed by atoms with Gasteiger partial charge in [-0.3, -0.25) is 9.69 Å². The summed E-state index contributed by atoms with van der Waals surface area (Å²) in [6.07, 6.45) is 0. The minimum Gasteiger partial charge on any atom is -0.334 e. The molecule has 2 atom stereocenters. The lowest BCUT2D eigenvalue weighted by Crippen LogP contribution is -2.63. The number of likely N-dealkylation sites (N-methyl/N-ethyl adjacent to an activating group) is 1. The van der Waals surface area contributed by atoms with Gasteiger partial charge in [0.25, 0.3) is 0 Å². The third-order valence-electron chi connectivity index (χ3n) is 3.97. The van der Waals surface area contributed by atoms with Gasteiger partial charge in [0.1, 0.15) is 6.04 Å². The molecule has 4 nitrogen and oxygen atoms in total. The minimum absolute atomic E-state index is 0.146. The minimum atomic E-state index is -0.146. The lowest BCUT2D eigenvalue weighted by atomic mass is 9.98. The number of fused-ring (bicyclic) bond motifs is 1. The zero-order valence-corrected chi connectivity index (χ0v) is 12.6. The van der Waals surface area contributed by atoms with E-state index in [9.17, 15) is 4.79 Å². The van der Waals surface area contributed by atoms with Crippen LogP contribution in [-0.2, 0) is 4.79 Å². The molecule has 1 aromatic carbocycles. The van der Waals surface area contributed by atoms with E-state index < -0.39 is 0 Å². The molecule has 102 valence electrons. The number of nitrogens with one attached hydrogen (secondary N) is 1. The van der Waals surface area contributed by atoms with Crippen LogP contribution in [-0.4, -0.2) is 55.0 Å². The molecule has 3 rings (SSSR count). The van der Waals surface area contributed by atoms with Crippen molar-refractivity contribution in [1.82, 2.24) is 15.1 Å². The Balaban J connectivity index is 1.90. The molecule has 2 saturated heterocycles. The normalized spacial score (nSPS) is 28.3. The maximum Gasteiger partial charge on any atom is 0.244 e. The molecule has 1 aromatic rings. The molecular formula is C14H18BrN3O. The summed E-state index contributed by atoms with van der Waals surface area (Å²) in [5, 5.41) is 3.36. The Hall–Kier alpha value is -0.910. The molecular weight excluding hydrogens is 306 g/mol. The van der Waals surface area contributed by atoms with Crippen LogP contribution >= 0.6 is 15.9 Å². The average molecular weight is 324 g/mol. The maximum absolute atomic E-state index is 12.7. The van der Waals surface area contributed by atoms with Crippen molar-refractivity contribution < 1.29 is 4.79 Å². The first-order valence-corrected chi connectivity index (χ1v) is 7.43. The van der Waals surface area contributed by atoms with Crippen LogP contribution in [0.5, 0.6) is 0 Å². The molecule has 0 saturated carbocycles. The molecule has 0 spiro atoms. The second-order valence-corrected chi connectivity index (χ2v) is 6.20. The van der Waals surface area contributed by atoms with Crippen molar-refractivity contribution in [3.63, 3.8) is 0 Å². The van der Waals surface area contributed by atoms with Gasteiger partial charge in [-0.2, -0.15) is 0 Å². The van der Waals surface area contributed by atoms with Gasteiger partial charge in [0.2, 0.25) is 5.91 Å². The van der Waals surface area contributed by atoms with E-state index in [0.29, 0.717) is 6.04 Å². The van der Waals surface area contributed by atoms with Crippen molar-refractivity contribution in [2.24, 2.45) is 0 Å². The van der Waals surface area contributed by atoms with Crippen LogP contribution in [0.25, 0.3) is 0 Å². The highest BCUT2D eigenvalue weighted by molar-refractivity contribution is 9.10. The molecule has 2 aliphatic rings. The Morgan fingerprint density at radius 2 is 2.26 bits per heavy atom. The van der Waals surface area contributed by atoms with E-state index in [1.54, 1.807) is 0 Å². The zero-order chi connectivity index (χ0) is 13.4. The van der Waals surface area contributed by atoms with Crippen molar-refractivity contribution >= 4 is 21.8 Å². The molecule has 0 radical (unpaired) electrons. The zero-order valence-electron chi connectivity index (χ0n) is 11.0. The lowest BCUT2D eigenvalue weighted by molar-refractivity contribution is -0.146. The van der Waals surface area contributed by atoms with Crippen LogP contribution in [0.4, 0.5) is 0 Å². The fourth-order valence-electron chi connectivity index (χ4n) is 3.07. The molecule has 2 aliphatic heterocycles. The van der Waals surface area contributed by atoms with E-state index in [1.165, 1.54) is 0 Å². The van der Waals surface area contributed by atoms with Crippen molar-refractivity contribution in [3.8, 4) is 0 Å². The molecule has 2 heterocycles. The predicted molar refractivity (Wildman–Crippen MR) is 77.9 cm³/mol. The molecule has 2 unspecified atom stereocenters. The van der Waals surface area contributed by atoms with Gasteiger partial charge in [-0.25, -0.2) is 0 Å². The number of amides is 1. The molecule has 2 fully saturated rings. The molecule has 19 heavy (non-hydrogen) atoms. The summed E-state index contributed by atoms with van der Waals surface area (Å²) in [5.74, 6) is 0.235. The molecule has 0 aromatic heterocycles. The fraction of sp³-hybridized carbons (Fsp3) is 0.500. The second-order valence-electron chi connectivity index (χ2n) is 5.29. The van der Waals surface area contributed by atoms with Gasteiger partial charge in [-0.1, -0.05) is 28.1 Å². The topological polar surface area (TPSA) is 35.6 Å². The van der Waals surface area contributed by atoms with Gasteiger partial charge in [-0.05, 0) is 24.7 Å². The number of hydrogen-bond acceptors (Lipinski definition) is 3. The van der Waals surface area contributed by atoms with Crippen LogP contribution in [0.1, 0.15) is 11.6 Å². The molecule has 0 bridgehead atoms. The summed E-state index contributed by atoms with van der Waals surface area (Å²) in [6.45, 7) is 3.55. The Labute approximate surface area is 121 Å². The number of carbonyl (C=O) groups excluding carboxylic acids is 1. The number of hydrogen-bond donors (Lipinski definition) is 1. The molecule has 0 aliphatic carbocycles. The van der Waals surface area contributed by atoms with Gasteiger partial charge in [-0.15, -0.1) is 0 Å². The first-order valence-electron chi connectivity index (χ1n) is 6.64. The Kier molecular flexibility index (Phi) is 3.60. The van der Waals surface area contributed by atoms with E-state index in [-0.39, 0.29) is 11.9 Å². The summed E-state index contributed by atoms with van der Waals surface area (Å²) in [7, 11) is 2.04. The van der Waals surface area contributed by atoms with E-state index in [0.717, 1.165) is 36.2 Å². The summed E-state index contributed by atoms with van der Waals surface area (Å²) in [4.78, 5) is 16.9. The van der Waals surface area contributed by atoms with Crippen molar-refractivity contribution in [3.05, 3.63) is 34.3 Å². The van der Waals surface area contributed by atoms with E-state index >= 15 is 0 Å². The van der Waals surface area contributed by atoms with Gasteiger partial charge < -0.3 is 10.2 Å². The number of carbonyl (C=O) groups is 1. The van der Waals surface area contributed by atoms with Gasteiger partial charge in [0.15, 0.2) is 0 Å². The SMILES string of the molecule is CN1CC2CNCCN2C(=O)C1c1cccc(Br)c1. The lowest BCUT2D eigenvalue weighted by Gasteiger charge is -2.46. The predicted octanol–water partition coefficient (Wildman–Crippen LogP) is 1.24. The summed E-state index contributed by atoms with van der Waals surface area (Å²) < 4.78 is 1.02. The summed E-state index contributed by atoms with van der Waals surface area (Å²) >= 11 is 3.48. The average Bonchev–Trinajstić information content (AvgIpc) is 2.39. The standard InChI is InChI=1S/C14H18BrN3O/c1-17-9-12-8-16-5-6-18(12)14(19)13(17)10-3-2-4-11(15)7-10/h2-4,7,12-13,16H,5-6,8-9H2,1H3. The quantitative estimate of drug-likeness (QED) is 0.844. The number of piperazine rings is 2. The highest BCUT2D eigenvalue weighted by Gasteiger charge is 2.40. The number of benzene rings is 1. The van der Waals surface area contributed by atoms with Crippen molar-refractivity contribution in [2.45, 2.75) is 12.1 Å². The highest BCUT2D eigenvalue weighted by atomic mass is 79.9. The highest BCUT2D eigenvalue weighted by Crippen LogP contribution is 2.29. The van der Waals surface area contributed by atoms with Crippen LogP contribution in [0.2, 0.25) is 0 Å². The van der Waals surface area contributed by atoms with Gasteiger partial charge in [0.05, 0.1) is 6.04 Å². The van der Waals surface area contributed by atoms with Crippen molar-refractivity contribution in [2.75, 3.05) is 33.2 Å². The summed E-state index contributed by atoms with van der Waals surface area (Å²) in [6, 6.07) is 8.23. The Morgan fingerprint density at radius 1 is 1.42 bits per heavy atom. The monoisotopic (exact) mass is 323 g/mol.